The van der Waals surface area contributed by atoms with Crippen LogP contribution in [0.4, 0.5) is 5.69 Å². The molecule has 1 aromatic heterocycles. The van der Waals surface area contributed by atoms with E-state index >= 15 is 0 Å². The number of fused-ring (bicyclic) bond motifs is 1. The van der Waals surface area contributed by atoms with Crippen LogP contribution in [0.25, 0.3) is 0 Å². The van der Waals surface area contributed by atoms with E-state index in [1.807, 2.05) is 6.92 Å². The van der Waals surface area contributed by atoms with Crippen molar-refractivity contribution in [1.29, 1.82) is 0 Å². The van der Waals surface area contributed by atoms with Gasteiger partial charge in [0, 0.05) is 6.54 Å². The smallest absolute Gasteiger partial charge is 0.152 e. The molecule has 1 aliphatic carbocycles. The lowest BCUT2D eigenvalue weighted by Gasteiger charge is -2.16. The van der Waals surface area contributed by atoms with Crippen molar-refractivity contribution in [2.24, 2.45) is 0 Å². The van der Waals surface area contributed by atoms with Crippen LogP contribution in [-0.2, 0) is 25.9 Å². The Morgan fingerprint density at radius 1 is 1.27 bits per heavy atom. The Hall–Kier alpha value is -2.04. The molecule has 0 saturated carbocycles. The number of hydrogen-bond donors (Lipinski definition) is 1. The molecule has 2 aromatic rings. The Balaban J connectivity index is 1.84. The highest BCUT2D eigenvalue weighted by Crippen LogP contribution is 2.36. The van der Waals surface area contributed by atoms with Crippen LogP contribution in [0.5, 0.6) is 5.75 Å². The maximum atomic E-state index is 5.54. The van der Waals surface area contributed by atoms with Crippen molar-refractivity contribution in [3.8, 4) is 5.75 Å². The van der Waals surface area contributed by atoms with Gasteiger partial charge >= 0.3 is 0 Å². The standard InChI is InChI=1S/C17H24N4O/c1-4-10-21-12(2)19-20-16(21)11-18-17-14-7-5-6-13(14)8-9-15(17)22-3/h8-9,18H,4-7,10-11H2,1-3H3. The minimum Gasteiger partial charge on any atom is -0.495 e. The summed E-state index contributed by atoms with van der Waals surface area (Å²) in [5, 5.41) is 12.1. The number of nitrogens with one attached hydrogen (secondary N) is 1. The fraction of sp³-hybridized carbons (Fsp3) is 0.529. The minimum atomic E-state index is 0.674. The van der Waals surface area contributed by atoms with E-state index in [1.165, 1.54) is 24.0 Å². The Morgan fingerprint density at radius 3 is 2.91 bits per heavy atom. The molecule has 118 valence electrons. The molecule has 0 fully saturated rings. The Labute approximate surface area is 131 Å². The Bertz CT molecular complexity index is 663. The average molecular weight is 300 g/mol. The summed E-state index contributed by atoms with van der Waals surface area (Å²) in [4.78, 5) is 0. The first kappa shape index (κ1) is 14.9. The zero-order valence-electron chi connectivity index (χ0n) is 13.6. The maximum Gasteiger partial charge on any atom is 0.152 e. The minimum absolute atomic E-state index is 0.674. The van der Waals surface area contributed by atoms with Crippen molar-refractivity contribution in [3.05, 3.63) is 34.9 Å². The molecule has 0 amide bonds. The molecule has 5 heteroatoms. The van der Waals surface area contributed by atoms with E-state index in [0.29, 0.717) is 6.54 Å². The van der Waals surface area contributed by atoms with E-state index in [0.717, 1.165) is 42.5 Å². The van der Waals surface area contributed by atoms with Gasteiger partial charge in [-0.15, -0.1) is 10.2 Å². The van der Waals surface area contributed by atoms with E-state index < -0.39 is 0 Å². The topological polar surface area (TPSA) is 52.0 Å². The summed E-state index contributed by atoms with van der Waals surface area (Å²) < 4.78 is 7.72. The molecule has 0 bridgehead atoms. The van der Waals surface area contributed by atoms with Crippen LogP contribution in [0.3, 0.4) is 0 Å². The fourth-order valence-corrected chi connectivity index (χ4v) is 3.25. The molecule has 0 unspecified atom stereocenters. The van der Waals surface area contributed by atoms with E-state index in [4.69, 9.17) is 4.74 Å². The zero-order valence-corrected chi connectivity index (χ0v) is 13.6. The van der Waals surface area contributed by atoms with E-state index in [2.05, 4.69) is 39.1 Å². The maximum absolute atomic E-state index is 5.54. The summed E-state index contributed by atoms with van der Waals surface area (Å²) in [6.07, 6.45) is 4.59. The number of aromatic nitrogens is 3. The van der Waals surface area contributed by atoms with E-state index in [1.54, 1.807) is 7.11 Å². The van der Waals surface area contributed by atoms with Crippen LogP contribution in [0.1, 0.15) is 42.5 Å². The van der Waals surface area contributed by atoms with Gasteiger partial charge in [-0.25, -0.2) is 0 Å². The molecule has 22 heavy (non-hydrogen) atoms. The van der Waals surface area contributed by atoms with Crippen LogP contribution < -0.4 is 10.1 Å². The number of benzene rings is 1. The number of anilines is 1. The quantitative estimate of drug-likeness (QED) is 0.890. The van der Waals surface area contributed by atoms with Gasteiger partial charge in [-0.2, -0.15) is 0 Å². The lowest BCUT2D eigenvalue weighted by atomic mass is 10.1. The number of hydrogen-bond acceptors (Lipinski definition) is 4. The Kier molecular flexibility index (Phi) is 4.32. The van der Waals surface area contributed by atoms with Crippen molar-refractivity contribution >= 4 is 5.69 Å². The van der Waals surface area contributed by atoms with Crippen LogP contribution >= 0.6 is 0 Å². The molecule has 1 heterocycles. The molecule has 3 rings (SSSR count). The SMILES string of the molecule is CCCn1c(C)nnc1CNc1c(OC)ccc2c1CCC2. The molecule has 1 aromatic carbocycles. The highest BCUT2D eigenvalue weighted by molar-refractivity contribution is 5.65. The fourth-order valence-electron chi connectivity index (χ4n) is 3.25. The van der Waals surface area contributed by atoms with Gasteiger partial charge in [-0.3, -0.25) is 0 Å². The molecule has 0 spiro atoms. The van der Waals surface area contributed by atoms with E-state index in [9.17, 15) is 0 Å². The molecule has 1 N–H and O–H groups in total. The van der Waals surface area contributed by atoms with Gasteiger partial charge in [0.2, 0.25) is 0 Å². The van der Waals surface area contributed by atoms with Gasteiger partial charge in [-0.1, -0.05) is 13.0 Å². The van der Waals surface area contributed by atoms with Crippen LogP contribution in [0, 0.1) is 6.92 Å². The number of nitrogens with zero attached hydrogens (tertiary/aromatic N) is 3. The van der Waals surface area contributed by atoms with Gasteiger partial charge in [0.05, 0.1) is 19.3 Å². The first-order valence-electron chi connectivity index (χ1n) is 8.06. The second-order valence-electron chi connectivity index (χ2n) is 5.80. The van der Waals surface area contributed by atoms with E-state index in [-0.39, 0.29) is 0 Å². The second kappa shape index (κ2) is 6.38. The number of rotatable bonds is 6. The summed E-state index contributed by atoms with van der Waals surface area (Å²) in [6.45, 7) is 5.81. The summed E-state index contributed by atoms with van der Waals surface area (Å²) in [5.74, 6) is 2.87. The van der Waals surface area contributed by atoms with Crippen LogP contribution in [0.15, 0.2) is 12.1 Å². The van der Waals surface area contributed by atoms with Gasteiger partial charge in [0.25, 0.3) is 0 Å². The number of aryl methyl sites for hydroxylation is 2. The highest BCUT2D eigenvalue weighted by Gasteiger charge is 2.19. The van der Waals surface area contributed by atoms with Crippen molar-refractivity contribution in [1.82, 2.24) is 14.8 Å². The third-order valence-electron chi connectivity index (χ3n) is 4.35. The average Bonchev–Trinajstić information content (AvgIpc) is 3.13. The number of methoxy groups -OCH3 is 1. The molecule has 0 aliphatic heterocycles. The monoisotopic (exact) mass is 300 g/mol. The summed E-state index contributed by atoms with van der Waals surface area (Å²) in [5.41, 5.74) is 3.97. The molecule has 1 aliphatic rings. The van der Waals surface area contributed by atoms with Crippen molar-refractivity contribution < 1.29 is 4.74 Å². The molecule has 0 atom stereocenters. The zero-order chi connectivity index (χ0) is 15.5. The first-order valence-corrected chi connectivity index (χ1v) is 8.06. The molecular weight excluding hydrogens is 276 g/mol. The van der Waals surface area contributed by atoms with Crippen molar-refractivity contribution in [2.75, 3.05) is 12.4 Å². The predicted octanol–water partition coefficient (Wildman–Crippen LogP) is 3.11. The van der Waals surface area contributed by atoms with Crippen molar-refractivity contribution in [3.63, 3.8) is 0 Å². The molecule has 5 nitrogen and oxygen atoms in total. The lowest BCUT2D eigenvalue weighted by molar-refractivity contribution is 0.416. The summed E-state index contributed by atoms with van der Waals surface area (Å²) in [6, 6.07) is 4.25. The third kappa shape index (κ3) is 2.67. The third-order valence-corrected chi connectivity index (χ3v) is 4.35. The van der Waals surface area contributed by atoms with Gasteiger partial charge in [0.15, 0.2) is 5.82 Å². The Morgan fingerprint density at radius 2 is 2.14 bits per heavy atom. The first-order chi connectivity index (χ1) is 10.7. The molecule has 0 radical (unpaired) electrons. The largest absolute Gasteiger partial charge is 0.495 e. The molecule has 0 saturated heterocycles. The van der Waals surface area contributed by atoms with Crippen molar-refractivity contribution in [2.45, 2.75) is 52.6 Å². The van der Waals surface area contributed by atoms with Crippen LogP contribution in [0.2, 0.25) is 0 Å². The normalized spacial score (nSPS) is 13.2. The summed E-state index contributed by atoms with van der Waals surface area (Å²) in [7, 11) is 1.73. The van der Waals surface area contributed by atoms with Gasteiger partial charge in [-0.05, 0) is 49.8 Å². The molecular formula is C17H24N4O. The van der Waals surface area contributed by atoms with Gasteiger partial charge in [0.1, 0.15) is 11.6 Å². The predicted molar refractivity (Wildman–Crippen MR) is 87.4 cm³/mol. The van der Waals surface area contributed by atoms with Crippen LogP contribution in [-0.4, -0.2) is 21.9 Å². The summed E-state index contributed by atoms with van der Waals surface area (Å²) >= 11 is 0. The number of ether oxygens (including phenoxy) is 1. The lowest BCUT2D eigenvalue weighted by Crippen LogP contribution is -2.11. The van der Waals surface area contributed by atoms with Gasteiger partial charge < -0.3 is 14.6 Å². The second-order valence-corrected chi connectivity index (χ2v) is 5.80. The highest BCUT2D eigenvalue weighted by atomic mass is 16.5.